The molecule has 0 aromatic rings. The summed E-state index contributed by atoms with van der Waals surface area (Å²) in [5.74, 6) is 0. The van der Waals surface area contributed by atoms with Crippen molar-refractivity contribution in [3.8, 4) is 0 Å². The van der Waals surface area contributed by atoms with Crippen LogP contribution in [-0.2, 0) is 31.9 Å². The molecule has 0 aliphatic rings. The topological polar surface area (TPSA) is 109 Å². The molecule has 0 atom stereocenters. The Bertz CT molecular complexity index is 125. The molecular weight excluding hydrogens is 178 g/mol. The van der Waals surface area contributed by atoms with Gasteiger partial charge in [-0.05, 0) is 0 Å². The zero-order chi connectivity index (χ0) is 7.15. The van der Waals surface area contributed by atoms with Crippen LogP contribution in [0.2, 0.25) is 0 Å². The van der Waals surface area contributed by atoms with Crippen molar-refractivity contribution >= 4 is 7.91 Å². The minimum absolute atomic E-state index is 3.12. The van der Waals surface area contributed by atoms with Gasteiger partial charge in [0.25, 0.3) is 0 Å². The quantitative estimate of drug-likeness (QED) is 0.475. The first-order chi connectivity index (χ1) is 3.46. The van der Waals surface area contributed by atoms with Gasteiger partial charge in [-0.2, -0.15) is 0 Å². The molecule has 8 heavy (non-hydrogen) atoms. The first-order valence-electron chi connectivity index (χ1n) is 1.13. The van der Waals surface area contributed by atoms with E-state index in [-0.39, 0.29) is 0 Å². The van der Waals surface area contributed by atoms with E-state index in [2.05, 4.69) is 0 Å². The number of rotatable bonds is 0. The summed E-state index contributed by atoms with van der Waals surface area (Å²) in [7, 11) is -3.12. The Morgan fingerprint density at radius 2 is 1.25 bits per heavy atom. The minimum atomic E-state index is -3.69. The molecule has 0 saturated heterocycles. The molecule has 8 heteroatoms. The molecule has 48 valence electrons. The summed E-state index contributed by atoms with van der Waals surface area (Å²) in [6, 6.07) is 0. The Kier molecular flexibility index (Phi) is 9.54. The van der Waals surface area contributed by atoms with E-state index in [9.17, 15) is 0 Å². The van der Waals surface area contributed by atoms with Gasteiger partial charge in [0.05, 0.1) is 0 Å². The summed E-state index contributed by atoms with van der Waals surface area (Å²) in [5, 5.41) is 0. The molecule has 0 fully saturated rings. The normalized spacial score (nSPS) is 6.25. The summed E-state index contributed by atoms with van der Waals surface area (Å²) in [6.07, 6.45) is 0. The van der Waals surface area contributed by atoms with Crippen molar-refractivity contribution in [2.75, 3.05) is 0 Å². The molecule has 0 rings (SSSR count). The molecule has 0 aliphatic carbocycles. The maximum absolute atomic E-state index is 8.67. The van der Waals surface area contributed by atoms with Crippen molar-refractivity contribution in [1.29, 1.82) is 0 Å². The number of hydrogen-bond acceptors (Lipinski definition) is 4. The van der Waals surface area contributed by atoms with E-state index in [1.165, 1.54) is 0 Å². The van der Waals surface area contributed by atoms with Gasteiger partial charge in [-0.15, -0.1) is 0 Å². The van der Waals surface area contributed by atoms with Gasteiger partial charge in [-0.3, -0.25) is 4.89 Å². The summed E-state index contributed by atoms with van der Waals surface area (Å²) in [5.41, 5.74) is 0. The third kappa shape index (κ3) is 7710000. The monoisotopic (exact) mass is 180 g/mol. The van der Waals surface area contributed by atoms with Crippen LogP contribution >= 0.6 is 7.91 Å². The molecule has 0 aliphatic heterocycles. The van der Waals surface area contributed by atoms with Crippen molar-refractivity contribution < 1.29 is 40.8 Å². The molecular formula is H2O6PV. The van der Waals surface area contributed by atoms with Crippen LogP contribution in [0.3, 0.4) is 0 Å². The molecule has 0 unspecified atom stereocenters. The number of hydrogen-bond donors (Lipinski definition) is 2. The van der Waals surface area contributed by atoms with E-state index in [1.54, 1.807) is 0 Å². The average molecular weight is 180 g/mol. The molecule has 6 nitrogen and oxygen atoms in total. The van der Waals surface area contributed by atoms with Crippen LogP contribution in [-0.4, -0.2) is 8.93 Å². The van der Waals surface area contributed by atoms with Crippen molar-refractivity contribution in [1.82, 2.24) is 0 Å². The molecule has 0 aromatic heterocycles. The second-order valence-electron chi connectivity index (χ2n) is 0.476. The van der Waals surface area contributed by atoms with Crippen molar-refractivity contribution in [2.24, 2.45) is 0 Å². The van der Waals surface area contributed by atoms with E-state index in [4.69, 9.17) is 25.4 Å². The van der Waals surface area contributed by atoms with Crippen molar-refractivity contribution in [3.05, 3.63) is 0 Å². The summed E-state index contributed by atoms with van der Waals surface area (Å²) in [6.45, 7) is 0. The van der Waals surface area contributed by atoms with Crippen LogP contribution in [0.25, 0.3) is 0 Å². The van der Waals surface area contributed by atoms with Gasteiger partial charge in [-0.25, -0.2) is 9.13 Å². The maximum atomic E-state index is 8.67. The molecule has 0 spiro atoms. The first-order valence-corrected chi connectivity index (χ1v) is 4.03. The second kappa shape index (κ2) is 7.00. The Balaban J connectivity index is 0. The molecule has 0 amide bonds. The molecule has 0 bridgehead atoms. The van der Waals surface area contributed by atoms with E-state index in [0.717, 1.165) is 0 Å². The zero-order valence-corrected chi connectivity index (χ0v) is 5.71. The standard InChI is InChI=1S/HO3P.H2O.2O.V/c1-4(2)3;;;;/h(H,1,2,3);1H2;;;/q;;;;+1/p-1. The van der Waals surface area contributed by atoms with Gasteiger partial charge < -0.3 is 0 Å². The zero-order valence-electron chi connectivity index (χ0n) is 3.42. The van der Waals surface area contributed by atoms with Crippen LogP contribution in [0.15, 0.2) is 0 Å². The van der Waals surface area contributed by atoms with Crippen LogP contribution in [0.5, 0.6) is 0 Å². The molecule has 0 heterocycles. The van der Waals surface area contributed by atoms with Crippen LogP contribution in [0.4, 0.5) is 0 Å². The third-order valence-corrected chi connectivity index (χ3v) is 0. The fraction of sp³-hybridized carbons (Fsp3) is 0. The van der Waals surface area contributed by atoms with E-state index in [1.807, 2.05) is 0 Å². The predicted molar refractivity (Wildman–Crippen MR) is 14.1 cm³/mol. The molecule has 2 N–H and O–H groups in total. The van der Waals surface area contributed by atoms with Gasteiger partial charge in [-0.1, -0.05) is 0 Å². The van der Waals surface area contributed by atoms with E-state index < -0.39 is 23.3 Å². The van der Waals surface area contributed by atoms with Gasteiger partial charge in [0.1, 0.15) is 0 Å². The fourth-order valence-corrected chi connectivity index (χ4v) is 0. The van der Waals surface area contributed by atoms with Gasteiger partial charge in [0.15, 0.2) is 0 Å². The third-order valence-electron chi connectivity index (χ3n) is 0. The Morgan fingerprint density at radius 1 is 1.25 bits per heavy atom. The van der Waals surface area contributed by atoms with Crippen LogP contribution in [0.1, 0.15) is 0 Å². The summed E-state index contributed by atoms with van der Waals surface area (Å²) < 4.78 is 41.6. The summed E-state index contributed by atoms with van der Waals surface area (Å²) in [4.78, 5) is 7.01. The molecule has 0 radical (unpaired) electrons. The van der Waals surface area contributed by atoms with E-state index >= 15 is 0 Å². The molecule has 0 aromatic carbocycles. The van der Waals surface area contributed by atoms with Crippen molar-refractivity contribution in [2.45, 2.75) is 0 Å². The van der Waals surface area contributed by atoms with E-state index in [0.29, 0.717) is 0 Å². The predicted octanol–water partition coefficient (Wildman–Crippen LogP) is -0.731. The molecule has 0 saturated carbocycles. The van der Waals surface area contributed by atoms with Crippen LogP contribution in [0, 0.1) is 0 Å². The van der Waals surface area contributed by atoms with Crippen molar-refractivity contribution in [3.63, 3.8) is 0 Å². The summed E-state index contributed by atoms with van der Waals surface area (Å²) >= 11 is -3.69. The van der Waals surface area contributed by atoms with Gasteiger partial charge in [0, 0.05) is 0 Å². The Hall–Kier alpha value is 0.00442. The fourth-order valence-electron chi connectivity index (χ4n) is 0. The first kappa shape index (κ1) is 10.9. The second-order valence-corrected chi connectivity index (χ2v) is 1.69. The average Bonchev–Trinajstić information content (AvgIpc) is 1.25. The van der Waals surface area contributed by atoms with Gasteiger partial charge >= 0.3 is 34.7 Å². The Labute approximate surface area is 49.4 Å². The van der Waals surface area contributed by atoms with Crippen LogP contribution < -0.4 is 0 Å². The Morgan fingerprint density at radius 3 is 1.25 bits per heavy atom. The SMILES string of the molecule is O=P(=O)O.[O]=[V](=[O])[OH]. The van der Waals surface area contributed by atoms with Gasteiger partial charge in [0.2, 0.25) is 0 Å².